The van der Waals surface area contributed by atoms with Crippen molar-refractivity contribution >= 4 is 46.0 Å². The third-order valence-electron chi connectivity index (χ3n) is 5.04. The van der Waals surface area contributed by atoms with Crippen molar-refractivity contribution in [2.45, 2.75) is 6.54 Å². The number of hydrogen-bond acceptors (Lipinski definition) is 3. The number of aromatic amines is 1. The van der Waals surface area contributed by atoms with Crippen LogP contribution in [0.4, 0.5) is 0 Å². The molecule has 0 saturated heterocycles. The van der Waals surface area contributed by atoms with Crippen LogP contribution in [-0.4, -0.2) is 39.8 Å². The van der Waals surface area contributed by atoms with Gasteiger partial charge in [-0.25, -0.2) is 4.98 Å². The molecule has 0 spiro atoms. The van der Waals surface area contributed by atoms with Crippen LogP contribution in [0, 0.1) is 0 Å². The molecule has 2 N–H and O–H groups in total. The van der Waals surface area contributed by atoms with Gasteiger partial charge in [-0.15, -0.1) is 0 Å². The minimum atomic E-state index is -0.323. The zero-order valence-corrected chi connectivity index (χ0v) is 18.5. The van der Waals surface area contributed by atoms with Gasteiger partial charge in [0.05, 0.1) is 16.1 Å². The highest BCUT2D eigenvalue weighted by atomic mass is 35.5. The van der Waals surface area contributed by atoms with Gasteiger partial charge < -0.3 is 15.2 Å². The van der Waals surface area contributed by atoms with Crippen molar-refractivity contribution < 1.29 is 9.59 Å². The lowest BCUT2D eigenvalue weighted by Gasteiger charge is -2.23. The maximum atomic E-state index is 13.4. The molecule has 162 valence electrons. The highest BCUT2D eigenvalue weighted by molar-refractivity contribution is 6.36. The molecule has 4 rings (SSSR count). The zero-order chi connectivity index (χ0) is 22.5. The number of pyridine rings is 1. The van der Waals surface area contributed by atoms with Crippen molar-refractivity contribution in [3.8, 4) is 0 Å². The number of H-pyrrole nitrogens is 1. The summed E-state index contributed by atoms with van der Waals surface area (Å²) in [6.45, 7) is 0.988. The number of aromatic nitrogens is 2. The molecule has 0 atom stereocenters. The van der Waals surface area contributed by atoms with Gasteiger partial charge in [-0.3, -0.25) is 9.59 Å². The Bertz CT molecular complexity index is 1260. The second-order valence-electron chi connectivity index (χ2n) is 7.19. The van der Waals surface area contributed by atoms with Crippen molar-refractivity contribution in [3.63, 3.8) is 0 Å². The molecule has 0 aliphatic rings. The molecular weight excluding hydrogens is 447 g/mol. The summed E-state index contributed by atoms with van der Waals surface area (Å²) in [6.07, 6.45) is 3.36. The van der Waals surface area contributed by atoms with Crippen molar-refractivity contribution in [1.29, 1.82) is 0 Å². The average Bonchev–Trinajstić information content (AvgIpc) is 3.27. The Labute approximate surface area is 195 Å². The first-order valence-corrected chi connectivity index (χ1v) is 10.8. The van der Waals surface area contributed by atoms with Gasteiger partial charge in [0, 0.05) is 42.4 Å². The lowest BCUT2D eigenvalue weighted by molar-refractivity contribution is 0.0738. The predicted octanol–water partition coefficient (Wildman–Crippen LogP) is 4.94. The smallest absolute Gasteiger partial charge is 0.255 e. The first-order valence-electron chi connectivity index (χ1n) is 10.0. The Morgan fingerprint density at radius 2 is 1.81 bits per heavy atom. The van der Waals surface area contributed by atoms with E-state index in [4.69, 9.17) is 23.2 Å². The number of fused-ring (bicyclic) bond motifs is 1. The average molecular weight is 467 g/mol. The summed E-state index contributed by atoms with van der Waals surface area (Å²) < 4.78 is 0. The molecule has 4 aromatic rings. The quantitative estimate of drug-likeness (QED) is 0.404. The highest BCUT2D eigenvalue weighted by Crippen LogP contribution is 2.21. The standard InChI is InChI=1S/C24H20Cl2N4O2/c25-17-6-7-20(21(26)14-17)23(31)29-12-13-30(15-16-4-2-1-3-5-16)24(32)19-9-11-28-22-18(19)8-10-27-22/h1-11,14H,12-13,15H2,(H,27,28)(H,29,31). The lowest BCUT2D eigenvalue weighted by atomic mass is 10.1. The van der Waals surface area contributed by atoms with Crippen LogP contribution in [0.1, 0.15) is 26.3 Å². The number of carbonyl (C=O) groups is 2. The summed E-state index contributed by atoms with van der Waals surface area (Å²) in [5.41, 5.74) is 2.54. The van der Waals surface area contributed by atoms with Crippen molar-refractivity contribution in [1.82, 2.24) is 20.2 Å². The third kappa shape index (κ3) is 4.93. The molecule has 0 bridgehead atoms. The van der Waals surface area contributed by atoms with Gasteiger partial charge in [0.2, 0.25) is 0 Å². The molecule has 2 aromatic heterocycles. The van der Waals surface area contributed by atoms with Crippen LogP contribution in [0.25, 0.3) is 11.0 Å². The molecule has 2 amide bonds. The van der Waals surface area contributed by atoms with Crippen molar-refractivity contribution in [2.24, 2.45) is 0 Å². The molecule has 0 aliphatic carbocycles. The molecule has 0 unspecified atom stereocenters. The van der Waals surface area contributed by atoms with E-state index in [-0.39, 0.29) is 23.4 Å². The number of nitrogens with one attached hydrogen (secondary N) is 2. The molecule has 0 aliphatic heterocycles. The molecule has 2 heterocycles. The molecular formula is C24H20Cl2N4O2. The summed E-state index contributed by atoms with van der Waals surface area (Å²) in [5.74, 6) is -0.463. The van der Waals surface area contributed by atoms with Crippen LogP contribution in [0.3, 0.4) is 0 Å². The zero-order valence-electron chi connectivity index (χ0n) is 17.0. The van der Waals surface area contributed by atoms with Crippen LogP contribution < -0.4 is 5.32 Å². The van der Waals surface area contributed by atoms with E-state index in [1.807, 2.05) is 36.4 Å². The van der Waals surface area contributed by atoms with Gasteiger partial charge >= 0.3 is 0 Å². The second kappa shape index (κ2) is 9.85. The van der Waals surface area contributed by atoms with Gasteiger partial charge in [0.1, 0.15) is 5.65 Å². The maximum Gasteiger partial charge on any atom is 0.255 e. The largest absolute Gasteiger partial charge is 0.350 e. The Morgan fingerprint density at radius 3 is 2.59 bits per heavy atom. The number of rotatable bonds is 7. The number of carbonyl (C=O) groups excluding carboxylic acids is 2. The van der Waals surface area contributed by atoms with E-state index in [2.05, 4.69) is 15.3 Å². The van der Waals surface area contributed by atoms with E-state index >= 15 is 0 Å². The summed E-state index contributed by atoms with van der Waals surface area (Å²) in [5, 5.41) is 4.33. The van der Waals surface area contributed by atoms with E-state index in [1.54, 1.807) is 35.5 Å². The number of halogens is 2. The molecule has 6 nitrogen and oxygen atoms in total. The molecule has 8 heteroatoms. The normalized spacial score (nSPS) is 10.8. The fraction of sp³-hybridized carbons (Fsp3) is 0.125. The Hall–Kier alpha value is -3.35. The van der Waals surface area contributed by atoms with Crippen LogP contribution in [0.15, 0.2) is 73.1 Å². The van der Waals surface area contributed by atoms with Gasteiger partial charge in [0.15, 0.2) is 0 Å². The number of hydrogen-bond donors (Lipinski definition) is 2. The summed E-state index contributed by atoms with van der Waals surface area (Å²) in [4.78, 5) is 35.0. The van der Waals surface area contributed by atoms with Crippen molar-refractivity contribution in [2.75, 3.05) is 13.1 Å². The number of amides is 2. The summed E-state index contributed by atoms with van der Waals surface area (Å²) in [6, 6.07) is 18.0. The Balaban J connectivity index is 1.51. The fourth-order valence-electron chi connectivity index (χ4n) is 3.45. The van der Waals surface area contributed by atoms with E-state index < -0.39 is 0 Å². The van der Waals surface area contributed by atoms with Crippen LogP contribution >= 0.6 is 23.2 Å². The Morgan fingerprint density at radius 1 is 1.00 bits per heavy atom. The molecule has 2 aromatic carbocycles. The van der Waals surface area contributed by atoms with E-state index in [0.29, 0.717) is 34.9 Å². The van der Waals surface area contributed by atoms with Crippen LogP contribution in [-0.2, 0) is 6.54 Å². The van der Waals surface area contributed by atoms with Crippen molar-refractivity contribution in [3.05, 3.63) is 99.8 Å². The molecule has 0 radical (unpaired) electrons. The molecule has 0 fully saturated rings. The first-order chi connectivity index (χ1) is 15.5. The SMILES string of the molecule is O=C(NCCN(Cc1ccccc1)C(=O)c1ccnc2[nH]ccc12)c1ccc(Cl)cc1Cl. The number of benzene rings is 2. The minimum absolute atomic E-state index is 0.139. The van der Waals surface area contributed by atoms with E-state index in [0.717, 1.165) is 10.9 Å². The third-order valence-corrected chi connectivity index (χ3v) is 5.58. The van der Waals surface area contributed by atoms with Crippen LogP contribution in [0.5, 0.6) is 0 Å². The summed E-state index contributed by atoms with van der Waals surface area (Å²) >= 11 is 12.0. The molecule has 32 heavy (non-hydrogen) atoms. The van der Waals surface area contributed by atoms with Crippen LogP contribution in [0.2, 0.25) is 10.0 Å². The van der Waals surface area contributed by atoms with Gasteiger partial charge in [-0.05, 0) is 35.9 Å². The first kappa shape index (κ1) is 21.9. The Kier molecular flexibility index (Phi) is 6.73. The second-order valence-corrected chi connectivity index (χ2v) is 8.03. The predicted molar refractivity (Wildman–Crippen MR) is 126 cm³/mol. The van der Waals surface area contributed by atoms with Gasteiger partial charge in [-0.1, -0.05) is 53.5 Å². The fourth-order valence-corrected chi connectivity index (χ4v) is 3.94. The van der Waals surface area contributed by atoms with Gasteiger partial charge in [0.25, 0.3) is 11.8 Å². The topological polar surface area (TPSA) is 78.1 Å². The maximum absolute atomic E-state index is 13.4. The van der Waals surface area contributed by atoms with E-state index in [1.165, 1.54) is 6.07 Å². The minimum Gasteiger partial charge on any atom is -0.350 e. The van der Waals surface area contributed by atoms with E-state index in [9.17, 15) is 9.59 Å². The summed E-state index contributed by atoms with van der Waals surface area (Å²) in [7, 11) is 0. The van der Waals surface area contributed by atoms with Gasteiger partial charge in [-0.2, -0.15) is 0 Å². The number of nitrogens with zero attached hydrogens (tertiary/aromatic N) is 2. The highest BCUT2D eigenvalue weighted by Gasteiger charge is 2.20. The lowest BCUT2D eigenvalue weighted by Crippen LogP contribution is -2.38. The molecule has 0 saturated carbocycles. The monoisotopic (exact) mass is 466 g/mol.